The first kappa shape index (κ1) is 22.0. The van der Waals surface area contributed by atoms with Gasteiger partial charge in [0.05, 0.1) is 7.11 Å². The number of hydrogen-bond donors (Lipinski definition) is 2. The molecule has 0 amide bonds. The predicted molar refractivity (Wildman–Crippen MR) is 116 cm³/mol. The fraction of sp³-hybridized carbons (Fsp3) is 0.632. The topological polar surface area (TPSA) is 48.9 Å². The average molecular weight is 460 g/mol. The molecule has 0 radical (unpaired) electrons. The number of halogens is 1. The van der Waals surface area contributed by atoms with Crippen molar-refractivity contribution in [1.29, 1.82) is 0 Å². The molecule has 0 aliphatic carbocycles. The molecule has 1 aromatic carbocycles. The third-order valence-electron chi connectivity index (χ3n) is 4.56. The first-order chi connectivity index (χ1) is 11.7. The summed E-state index contributed by atoms with van der Waals surface area (Å²) < 4.78 is 5.19. The van der Waals surface area contributed by atoms with E-state index in [1.165, 1.54) is 44.5 Å². The van der Waals surface area contributed by atoms with Gasteiger partial charge in [-0.05, 0) is 49.9 Å². The molecule has 25 heavy (non-hydrogen) atoms. The van der Waals surface area contributed by atoms with Crippen LogP contribution in [0, 0.1) is 0 Å². The van der Waals surface area contributed by atoms with E-state index >= 15 is 0 Å². The molecule has 1 saturated heterocycles. The van der Waals surface area contributed by atoms with E-state index in [1.54, 1.807) is 7.11 Å². The highest BCUT2D eigenvalue weighted by Crippen LogP contribution is 2.12. The van der Waals surface area contributed by atoms with Gasteiger partial charge in [-0.2, -0.15) is 0 Å². The number of piperidine rings is 1. The van der Waals surface area contributed by atoms with Crippen molar-refractivity contribution in [2.24, 2.45) is 4.99 Å². The van der Waals surface area contributed by atoms with Crippen LogP contribution in [0.5, 0.6) is 5.75 Å². The highest BCUT2D eigenvalue weighted by molar-refractivity contribution is 14.0. The molecule has 6 heteroatoms. The van der Waals surface area contributed by atoms with Crippen LogP contribution >= 0.6 is 24.0 Å². The Hall–Kier alpha value is -1.02. The molecule has 0 unspecified atom stereocenters. The molecule has 0 saturated carbocycles. The zero-order chi connectivity index (χ0) is 17.2. The molecule has 0 aromatic heterocycles. The highest BCUT2D eigenvalue weighted by atomic mass is 127. The van der Waals surface area contributed by atoms with Gasteiger partial charge in [0.2, 0.25) is 0 Å². The van der Waals surface area contributed by atoms with Crippen molar-refractivity contribution < 1.29 is 4.74 Å². The highest BCUT2D eigenvalue weighted by Gasteiger charge is 2.19. The molecule has 5 nitrogen and oxygen atoms in total. The van der Waals surface area contributed by atoms with E-state index in [-0.39, 0.29) is 24.0 Å². The minimum atomic E-state index is 0. The Bertz CT molecular complexity index is 499. The smallest absolute Gasteiger partial charge is 0.191 e. The van der Waals surface area contributed by atoms with E-state index in [2.05, 4.69) is 39.6 Å². The number of rotatable bonds is 7. The third-order valence-corrected chi connectivity index (χ3v) is 4.56. The molecule has 2 rings (SSSR count). The summed E-state index contributed by atoms with van der Waals surface area (Å²) in [5.74, 6) is 1.82. The Morgan fingerprint density at radius 2 is 1.92 bits per heavy atom. The summed E-state index contributed by atoms with van der Waals surface area (Å²) in [7, 11) is 3.54. The van der Waals surface area contributed by atoms with Gasteiger partial charge in [-0.3, -0.25) is 4.99 Å². The van der Waals surface area contributed by atoms with Crippen LogP contribution < -0.4 is 15.4 Å². The van der Waals surface area contributed by atoms with Crippen LogP contribution in [0.4, 0.5) is 0 Å². The summed E-state index contributed by atoms with van der Waals surface area (Å²) in [6, 6.07) is 8.77. The van der Waals surface area contributed by atoms with Gasteiger partial charge in [-0.1, -0.05) is 19.1 Å². The van der Waals surface area contributed by atoms with Gasteiger partial charge in [0.15, 0.2) is 5.96 Å². The van der Waals surface area contributed by atoms with Crippen molar-refractivity contribution in [3.05, 3.63) is 29.8 Å². The summed E-state index contributed by atoms with van der Waals surface area (Å²) >= 11 is 0. The zero-order valence-electron chi connectivity index (χ0n) is 15.8. The van der Waals surface area contributed by atoms with Gasteiger partial charge in [0, 0.05) is 32.7 Å². The van der Waals surface area contributed by atoms with Crippen LogP contribution in [-0.4, -0.2) is 57.2 Å². The van der Waals surface area contributed by atoms with Gasteiger partial charge in [0.1, 0.15) is 5.75 Å². The lowest BCUT2D eigenvalue weighted by Gasteiger charge is -2.32. The number of methoxy groups -OCH3 is 1. The third kappa shape index (κ3) is 7.81. The molecular weight excluding hydrogens is 427 g/mol. The second-order valence-electron chi connectivity index (χ2n) is 6.36. The number of benzene rings is 1. The van der Waals surface area contributed by atoms with Crippen molar-refractivity contribution >= 4 is 29.9 Å². The molecule has 142 valence electrons. The number of nitrogens with one attached hydrogen (secondary N) is 2. The standard InChI is InChI=1S/C19H32N4O.HI/c1-4-13-23-14-10-17(11-15-23)22-19(20-2)21-12-9-16-5-7-18(24-3)8-6-16;/h5-8,17H,4,9-15H2,1-3H3,(H2,20,21,22);1H. The summed E-state index contributed by atoms with van der Waals surface area (Å²) in [6.45, 7) is 6.73. The molecular formula is C19H33IN4O. The summed E-state index contributed by atoms with van der Waals surface area (Å²) in [5.41, 5.74) is 1.30. The fourth-order valence-electron chi connectivity index (χ4n) is 3.12. The number of nitrogens with zero attached hydrogens (tertiary/aromatic N) is 2. The van der Waals surface area contributed by atoms with Crippen LogP contribution in [0.25, 0.3) is 0 Å². The molecule has 0 spiro atoms. The maximum atomic E-state index is 5.19. The number of guanidine groups is 1. The second kappa shape index (κ2) is 12.4. The minimum Gasteiger partial charge on any atom is -0.497 e. The Balaban J connectivity index is 0.00000312. The normalized spacial score (nSPS) is 16.2. The first-order valence-electron chi connectivity index (χ1n) is 9.07. The Morgan fingerprint density at radius 3 is 2.48 bits per heavy atom. The molecule has 1 aromatic rings. The van der Waals surface area contributed by atoms with Gasteiger partial charge in [-0.15, -0.1) is 24.0 Å². The van der Waals surface area contributed by atoms with E-state index in [0.717, 1.165) is 24.7 Å². The molecule has 0 bridgehead atoms. The number of likely N-dealkylation sites (tertiary alicyclic amines) is 1. The van der Waals surface area contributed by atoms with Crippen LogP contribution in [0.2, 0.25) is 0 Å². The lowest BCUT2D eigenvalue weighted by Crippen LogP contribution is -2.49. The van der Waals surface area contributed by atoms with Crippen LogP contribution in [0.1, 0.15) is 31.7 Å². The van der Waals surface area contributed by atoms with E-state index < -0.39 is 0 Å². The van der Waals surface area contributed by atoms with Gasteiger partial charge in [0.25, 0.3) is 0 Å². The predicted octanol–water partition coefficient (Wildman–Crippen LogP) is 2.90. The van der Waals surface area contributed by atoms with Crippen molar-refractivity contribution in [2.45, 2.75) is 38.6 Å². The minimum absolute atomic E-state index is 0. The monoisotopic (exact) mass is 460 g/mol. The van der Waals surface area contributed by atoms with Crippen molar-refractivity contribution in [1.82, 2.24) is 15.5 Å². The summed E-state index contributed by atoms with van der Waals surface area (Å²) in [6.07, 6.45) is 4.60. The van der Waals surface area contributed by atoms with Gasteiger partial charge < -0.3 is 20.3 Å². The number of aliphatic imine (C=N–C) groups is 1. The van der Waals surface area contributed by atoms with Gasteiger partial charge in [-0.25, -0.2) is 0 Å². The maximum Gasteiger partial charge on any atom is 0.191 e. The first-order valence-corrected chi connectivity index (χ1v) is 9.07. The Morgan fingerprint density at radius 1 is 1.24 bits per heavy atom. The average Bonchev–Trinajstić information content (AvgIpc) is 2.63. The number of ether oxygens (including phenoxy) is 1. The molecule has 1 aliphatic rings. The largest absolute Gasteiger partial charge is 0.497 e. The Kier molecular flexibility index (Phi) is 10.9. The summed E-state index contributed by atoms with van der Waals surface area (Å²) in [5, 5.41) is 6.99. The molecule has 1 aliphatic heterocycles. The van der Waals surface area contributed by atoms with Crippen LogP contribution in [0.3, 0.4) is 0 Å². The van der Waals surface area contributed by atoms with Crippen LogP contribution in [0.15, 0.2) is 29.3 Å². The molecule has 1 fully saturated rings. The Labute approximate surface area is 169 Å². The molecule has 2 N–H and O–H groups in total. The fourth-order valence-corrected chi connectivity index (χ4v) is 3.12. The quantitative estimate of drug-likeness (QED) is 0.373. The zero-order valence-corrected chi connectivity index (χ0v) is 18.1. The molecule has 1 heterocycles. The van der Waals surface area contributed by atoms with Crippen molar-refractivity contribution in [2.75, 3.05) is 40.3 Å². The lowest BCUT2D eigenvalue weighted by atomic mass is 10.1. The SMILES string of the molecule is CCCN1CCC(NC(=NC)NCCc2ccc(OC)cc2)CC1.I. The van der Waals surface area contributed by atoms with Crippen molar-refractivity contribution in [3.8, 4) is 5.75 Å². The second-order valence-corrected chi connectivity index (χ2v) is 6.36. The van der Waals surface area contributed by atoms with Crippen LogP contribution in [-0.2, 0) is 6.42 Å². The van der Waals surface area contributed by atoms with E-state index in [0.29, 0.717) is 6.04 Å². The van der Waals surface area contributed by atoms with E-state index in [1.807, 2.05) is 19.2 Å². The van der Waals surface area contributed by atoms with Crippen molar-refractivity contribution in [3.63, 3.8) is 0 Å². The summed E-state index contributed by atoms with van der Waals surface area (Å²) in [4.78, 5) is 6.91. The van der Waals surface area contributed by atoms with E-state index in [4.69, 9.17) is 4.74 Å². The van der Waals surface area contributed by atoms with Gasteiger partial charge >= 0.3 is 0 Å². The van der Waals surface area contributed by atoms with E-state index in [9.17, 15) is 0 Å². The molecule has 0 atom stereocenters. The lowest BCUT2D eigenvalue weighted by molar-refractivity contribution is 0.206. The number of hydrogen-bond acceptors (Lipinski definition) is 3. The maximum absolute atomic E-state index is 5.19.